The fourth-order valence-electron chi connectivity index (χ4n) is 1.66. The first kappa shape index (κ1) is 13.6. The molecule has 0 spiro atoms. The number of nitrogens with zero attached hydrogens (tertiary/aromatic N) is 2. The van der Waals surface area contributed by atoms with E-state index < -0.39 is 11.6 Å². The number of hydrogen-bond acceptors (Lipinski definition) is 3. The Morgan fingerprint density at radius 2 is 2.11 bits per heavy atom. The van der Waals surface area contributed by atoms with E-state index in [0.29, 0.717) is 22.1 Å². The molecule has 1 aromatic carbocycles. The zero-order valence-electron chi connectivity index (χ0n) is 9.91. The molecule has 1 heterocycles. The summed E-state index contributed by atoms with van der Waals surface area (Å²) in [5, 5.41) is 4.57. The number of H-pyrrole nitrogens is 1. The molecule has 1 aromatic heterocycles. The summed E-state index contributed by atoms with van der Waals surface area (Å²) in [4.78, 5) is 25.2. The minimum atomic E-state index is -0.527. The zero-order valence-corrected chi connectivity index (χ0v) is 11.4. The number of nitrogens with two attached hydrogens (primary N) is 1. The number of aromatic nitrogens is 3. The second-order valence-electron chi connectivity index (χ2n) is 3.97. The van der Waals surface area contributed by atoms with E-state index in [4.69, 9.17) is 28.9 Å². The lowest BCUT2D eigenvalue weighted by Crippen LogP contribution is -2.18. The first-order chi connectivity index (χ1) is 8.88. The number of rotatable bonds is 3. The van der Waals surface area contributed by atoms with Gasteiger partial charge < -0.3 is 5.73 Å². The molecule has 0 saturated heterocycles. The second-order valence-corrected chi connectivity index (χ2v) is 4.78. The lowest BCUT2D eigenvalue weighted by atomic mass is 10.1. The Hall–Kier alpha value is -1.79. The fraction of sp³-hybridized carbons (Fsp3) is 0.182. The fourth-order valence-corrected chi connectivity index (χ4v) is 2.19. The van der Waals surface area contributed by atoms with Crippen LogP contribution in [0.2, 0.25) is 10.0 Å². The van der Waals surface area contributed by atoms with Gasteiger partial charge in [-0.05, 0) is 24.6 Å². The van der Waals surface area contributed by atoms with Crippen LogP contribution in [0.3, 0.4) is 0 Å². The standard InChI is InChI=1S/C11H10Cl2N4O2/c1-5-15-11(19)17(16-5)9-2-6(3-10(14)18)7(12)4-8(9)13/h2,4H,3H2,1H3,(H2,14,18)(H,15,16,19). The molecule has 2 aromatic rings. The van der Waals surface area contributed by atoms with Crippen molar-refractivity contribution in [2.24, 2.45) is 5.73 Å². The van der Waals surface area contributed by atoms with Crippen molar-refractivity contribution < 1.29 is 4.79 Å². The number of halogens is 2. The number of amides is 1. The van der Waals surface area contributed by atoms with Crippen LogP contribution in [0.5, 0.6) is 0 Å². The van der Waals surface area contributed by atoms with Crippen molar-refractivity contribution in [3.63, 3.8) is 0 Å². The minimum Gasteiger partial charge on any atom is -0.369 e. The van der Waals surface area contributed by atoms with E-state index in [1.165, 1.54) is 12.1 Å². The predicted molar refractivity (Wildman–Crippen MR) is 71.8 cm³/mol. The molecule has 0 aliphatic heterocycles. The Labute approximate surface area is 118 Å². The molecule has 0 radical (unpaired) electrons. The van der Waals surface area contributed by atoms with Crippen molar-refractivity contribution >= 4 is 29.1 Å². The maximum atomic E-state index is 11.7. The molecule has 0 aliphatic carbocycles. The number of aryl methyl sites for hydroxylation is 1. The molecule has 0 unspecified atom stereocenters. The van der Waals surface area contributed by atoms with Gasteiger partial charge in [0.15, 0.2) is 0 Å². The Kier molecular flexibility index (Phi) is 3.64. The Morgan fingerprint density at radius 3 is 2.63 bits per heavy atom. The highest BCUT2D eigenvalue weighted by Gasteiger charge is 2.13. The lowest BCUT2D eigenvalue weighted by molar-refractivity contribution is -0.117. The van der Waals surface area contributed by atoms with Crippen LogP contribution in [-0.2, 0) is 11.2 Å². The van der Waals surface area contributed by atoms with Crippen LogP contribution in [0.4, 0.5) is 0 Å². The van der Waals surface area contributed by atoms with Gasteiger partial charge in [-0.1, -0.05) is 23.2 Å². The van der Waals surface area contributed by atoms with E-state index in [0.717, 1.165) is 4.68 Å². The van der Waals surface area contributed by atoms with Gasteiger partial charge in [0.05, 0.1) is 17.1 Å². The molecule has 0 bridgehead atoms. The molecule has 0 fully saturated rings. The van der Waals surface area contributed by atoms with Gasteiger partial charge in [0.2, 0.25) is 5.91 Å². The molecule has 19 heavy (non-hydrogen) atoms. The highest BCUT2D eigenvalue weighted by molar-refractivity contribution is 6.36. The van der Waals surface area contributed by atoms with Crippen molar-refractivity contribution in [1.82, 2.24) is 14.8 Å². The summed E-state index contributed by atoms with van der Waals surface area (Å²) in [6, 6.07) is 2.98. The van der Waals surface area contributed by atoms with Crippen LogP contribution in [0.15, 0.2) is 16.9 Å². The third-order valence-corrected chi connectivity index (χ3v) is 3.09. The zero-order chi connectivity index (χ0) is 14.2. The van der Waals surface area contributed by atoms with Gasteiger partial charge in [0.1, 0.15) is 5.82 Å². The van der Waals surface area contributed by atoms with Gasteiger partial charge >= 0.3 is 5.69 Å². The van der Waals surface area contributed by atoms with E-state index in [1.54, 1.807) is 6.92 Å². The van der Waals surface area contributed by atoms with E-state index in [2.05, 4.69) is 10.1 Å². The molecule has 3 N–H and O–H groups in total. The van der Waals surface area contributed by atoms with Crippen LogP contribution in [0.1, 0.15) is 11.4 Å². The Bertz CT molecular complexity index is 705. The lowest BCUT2D eigenvalue weighted by Gasteiger charge is -2.08. The van der Waals surface area contributed by atoms with Crippen molar-refractivity contribution in [2.45, 2.75) is 13.3 Å². The molecule has 100 valence electrons. The van der Waals surface area contributed by atoms with Crippen LogP contribution < -0.4 is 11.4 Å². The topological polar surface area (TPSA) is 93.8 Å². The molecular formula is C11H10Cl2N4O2. The molecule has 0 saturated carbocycles. The van der Waals surface area contributed by atoms with E-state index >= 15 is 0 Å². The Balaban J connectivity index is 2.60. The number of aromatic amines is 1. The van der Waals surface area contributed by atoms with Gasteiger partial charge in [-0.15, -0.1) is 0 Å². The summed E-state index contributed by atoms with van der Waals surface area (Å²) in [7, 11) is 0. The molecule has 0 aliphatic rings. The summed E-state index contributed by atoms with van der Waals surface area (Å²) in [5.41, 5.74) is 5.54. The smallest absolute Gasteiger partial charge is 0.348 e. The molecule has 2 rings (SSSR count). The van der Waals surface area contributed by atoms with Crippen molar-refractivity contribution in [3.8, 4) is 5.69 Å². The average Bonchev–Trinajstić information content (AvgIpc) is 2.61. The second kappa shape index (κ2) is 5.07. The first-order valence-electron chi connectivity index (χ1n) is 5.31. The summed E-state index contributed by atoms with van der Waals surface area (Å²) in [6.45, 7) is 1.64. The number of hydrogen-bond donors (Lipinski definition) is 2. The minimum absolute atomic E-state index is 0.0405. The monoisotopic (exact) mass is 300 g/mol. The van der Waals surface area contributed by atoms with Crippen molar-refractivity contribution in [2.75, 3.05) is 0 Å². The van der Waals surface area contributed by atoms with Gasteiger partial charge in [-0.2, -0.15) is 9.78 Å². The number of nitrogens with one attached hydrogen (secondary N) is 1. The summed E-state index contributed by atoms with van der Waals surface area (Å²) in [5.74, 6) is -0.0757. The van der Waals surface area contributed by atoms with E-state index in [9.17, 15) is 9.59 Å². The van der Waals surface area contributed by atoms with Gasteiger partial charge in [0.25, 0.3) is 0 Å². The van der Waals surface area contributed by atoms with Crippen LogP contribution in [0, 0.1) is 6.92 Å². The average molecular weight is 301 g/mol. The number of primary amides is 1. The Morgan fingerprint density at radius 1 is 1.42 bits per heavy atom. The number of carbonyl (C=O) groups excluding carboxylic acids is 1. The van der Waals surface area contributed by atoms with Crippen LogP contribution in [-0.4, -0.2) is 20.7 Å². The summed E-state index contributed by atoms with van der Waals surface area (Å²) in [6.07, 6.45) is -0.0405. The normalized spacial score (nSPS) is 10.7. The van der Waals surface area contributed by atoms with Crippen LogP contribution in [0.25, 0.3) is 5.69 Å². The molecule has 6 nitrogen and oxygen atoms in total. The summed E-state index contributed by atoms with van der Waals surface area (Å²) < 4.78 is 1.11. The molecule has 1 amide bonds. The highest BCUT2D eigenvalue weighted by Crippen LogP contribution is 2.27. The maximum absolute atomic E-state index is 11.7. The number of benzene rings is 1. The number of carbonyl (C=O) groups is 1. The predicted octanol–water partition coefficient (Wildman–Crippen LogP) is 1.20. The maximum Gasteiger partial charge on any atom is 0.348 e. The van der Waals surface area contributed by atoms with Crippen molar-refractivity contribution in [3.05, 3.63) is 44.1 Å². The van der Waals surface area contributed by atoms with Gasteiger partial charge in [-0.3, -0.25) is 9.78 Å². The van der Waals surface area contributed by atoms with Crippen molar-refractivity contribution in [1.29, 1.82) is 0 Å². The first-order valence-corrected chi connectivity index (χ1v) is 6.06. The van der Waals surface area contributed by atoms with E-state index in [-0.39, 0.29) is 11.4 Å². The largest absolute Gasteiger partial charge is 0.369 e. The quantitative estimate of drug-likeness (QED) is 0.892. The van der Waals surface area contributed by atoms with Crippen LogP contribution >= 0.6 is 23.2 Å². The summed E-state index contributed by atoms with van der Waals surface area (Å²) >= 11 is 12.0. The van der Waals surface area contributed by atoms with Gasteiger partial charge in [-0.25, -0.2) is 4.79 Å². The SMILES string of the molecule is Cc1nn(-c2cc(CC(N)=O)c(Cl)cc2Cl)c(=O)[nH]1. The third kappa shape index (κ3) is 2.80. The highest BCUT2D eigenvalue weighted by atomic mass is 35.5. The third-order valence-electron chi connectivity index (χ3n) is 2.44. The van der Waals surface area contributed by atoms with E-state index in [1.807, 2.05) is 0 Å². The van der Waals surface area contributed by atoms with Gasteiger partial charge in [0, 0.05) is 5.02 Å². The molecular weight excluding hydrogens is 291 g/mol. The molecule has 8 heteroatoms. The molecule has 0 atom stereocenters.